The summed E-state index contributed by atoms with van der Waals surface area (Å²) in [5.41, 5.74) is 5.96. The average Bonchev–Trinajstić information content (AvgIpc) is 2.28. The molecule has 1 rings (SSSR count). The molecule has 0 aliphatic heterocycles. The second-order valence-corrected chi connectivity index (χ2v) is 2.49. The Morgan fingerprint density at radius 3 is 3.00 bits per heavy atom. The lowest BCUT2D eigenvalue weighted by Crippen LogP contribution is -2.04. The topological polar surface area (TPSA) is 53.1 Å². The highest BCUT2D eigenvalue weighted by Crippen LogP contribution is 2.14. The molecular weight excluding hydrogens is 166 g/mol. The van der Waals surface area contributed by atoms with Crippen LogP contribution in [0.15, 0.2) is 6.20 Å². The molecule has 11 heavy (non-hydrogen) atoms. The van der Waals surface area contributed by atoms with Gasteiger partial charge in [-0.2, -0.15) is 5.10 Å². The van der Waals surface area contributed by atoms with Gasteiger partial charge in [0.1, 0.15) is 0 Å². The Bertz CT molecular complexity index is 216. The van der Waals surface area contributed by atoms with Crippen LogP contribution in [0, 0.1) is 0 Å². The molecule has 0 aromatic carbocycles. The highest BCUT2D eigenvalue weighted by atomic mass is 35.5. The van der Waals surface area contributed by atoms with Gasteiger partial charge in [0.25, 0.3) is 0 Å². The Labute approximate surface area is 69.9 Å². The molecule has 1 aromatic rings. The summed E-state index contributed by atoms with van der Waals surface area (Å²) in [6.07, 6.45) is 1.68. The predicted molar refractivity (Wildman–Crippen MR) is 43.5 cm³/mol. The zero-order valence-corrected chi connectivity index (χ0v) is 7.01. The first-order valence-corrected chi connectivity index (χ1v) is 3.59. The lowest BCUT2D eigenvalue weighted by molar-refractivity contribution is 0.183. The highest BCUT2D eigenvalue weighted by Gasteiger charge is 2.00. The summed E-state index contributed by atoms with van der Waals surface area (Å²) in [4.78, 5) is 0. The van der Waals surface area contributed by atoms with Crippen LogP contribution in [-0.4, -0.2) is 23.5 Å². The Hall–Kier alpha value is -0.740. The minimum Gasteiger partial charge on any atom is -0.395 e. The summed E-state index contributed by atoms with van der Waals surface area (Å²) in [6, 6.07) is 0. The third-order valence-corrected chi connectivity index (χ3v) is 1.56. The molecule has 5 heteroatoms. The number of anilines is 1. The Morgan fingerprint density at radius 1 is 1.82 bits per heavy atom. The smallest absolute Gasteiger partial charge is 0.173 e. The predicted octanol–water partition coefficient (Wildman–Crippen LogP) is 0.765. The van der Waals surface area contributed by atoms with Gasteiger partial charge in [0, 0.05) is 13.3 Å². The molecule has 0 amide bonds. The van der Waals surface area contributed by atoms with Crippen molar-refractivity contribution in [1.29, 1.82) is 0 Å². The van der Waals surface area contributed by atoms with E-state index in [2.05, 4.69) is 5.10 Å². The van der Waals surface area contributed by atoms with Gasteiger partial charge in [0.2, 0.25) is 0 Å². The molecule has 0 saturated carbocycles. The number of hydrogen-bond acceptors (Lipinski definition) is 3. The van der Waals surface area contributed by atoms with Gasteiger partial charge in [-0.25, -0.2) is 0 Å². The second kappa shape index (κ2) is 3.59. The van der Waals surface area contributed by atoms with E-state index in [1.807, 2.05) is 0 Å². The van der Waals surface area contributed by atoms with Crippen LogP contribution in [0.2, 0.25) is 5.15 Å². The van der Waals surface area contributed by atoms with Crippen LogP contribution in [0.1, 0.15) is 0 Å². The van der Waals surface area contributed by atoms with E-state index in [-0.39, 0.29) is 0 Å². The van der Waals surface area contributed by atoms with Crippen molar-refractivity contribution in [2.24, 2.45) is 0 Å². The Balaban J connectivity index is 2.58. The standard InChI is InChI=1S/C6H10ClN3O/c1-11-3-2-10-4-5(8)6(7)9-10/h4H,2-3,8H2,1H3. The monoisotopic (exact) mass is 175 g/mol. The van der Waals surface area contributed by atoms with Crippen molar-refractivity contribution in [1.82, 2.24) is 9.78 Å². The molecule has 1 aromatic heterocycles. The normalized spacial score (nSPS) is 10.4. The largest absolute Gasteiger partial charge is 0.395 e. The first-order valence-electron chi connectivity index (χ1n) is 3.21. The molecular formula is C6H10ClN3O. The molecule has 0 radical (unpaired) electrons. The Morgan fingerprint density at radius 2 is 2.55 bits per heavy atom. The molecule has 4 nitrogen and oxygen atoms in total. The van der Waals surface area contributed by atoms with Crippen molar-refractivity contribution in [3.63, 3.8) is 0 Å². The number of hydrogen-bond donors (Lipinski definition) is 1. The van der Waals surface area contributed by atoms with Crippen LogP contribution in [-0.2, 0) is 11.3 Å². The first kappa shape index (κ1) is 8.36. The summed E-state index contributed by atoms with van der Waals surface area (Å²) in [5, 5.41) is 4.27. The van der Waals surface area contributed by atoms with Crippen molar-refractivity contribution in [3.8, 4) is 0 Å². The maximum Gasteiger partial charge on any atom is 0.173 e. The fraction of sp³-hybridized carbons (Fsp3) is 0.500. The second-order valence-electron chi connectivity index (χ2n) is 2.13. The lowest BCUT2D eigenvalue weighted by atomic mass is 10.6. The van der Waals surface area contributed by atoms with Crippen LogP contribution in [0.3, 0.4) is 0 Å². The van der Waals surface area contributed by atoms with Crippen LogP contribution in [0.5, 0.6) is 0 Å². The van der Waals surface area contributed by atoms with Gasteiger partial charge in [-0.05, 0) is 0 Å². The van der Waals surface area contributed by atoms with Gasteiger partial charge < -0.3 is 10.5 Å². The van der Waals surface area contributed by atoms with E-state index < -0.39 is 0 Å². The minimum absolute atomic E-state index is 0.348. The summed E-state index contributed by atoms with van der Waals surface area (Å²) in [5.74, 6) is 0. The van der Waals surface area contributed by atoms with E-state index in [9.17, 15) is 0 Å². The fourth-order valence-electron chi connectivity index (χ4n) is 0.713. The van der Waals surface area contributed by atoms with Crippen molar-refractivity contribution >= 4 is 17.3 Å². The molecule has 2 N–H and O–H groups in total. The molecule has 0 aliphatic carbocycles. The third-order valence-electron chi connectivity index (χ3n) is 1.27. The van der Waals surface area contributed by atoms with Crippen molar-refractivity contribution in [2.45, 2.75) is 6.54 Å². The third kappa shape index (κ3) is 2.10. The summed E-state index contributed by atoms with van der Waals surface area (Å²) in [6.45, 7) is 1.28. The number of nitrogens with two attached hydrogens (primary N) is 1. The number of aromatic nitrogens is 2. The molecule has 0 spiro atoms. The Kier molecular flexibility index (Phi) is 2.73. The fourth-order valence-corrected chi connectivity index (χ4v) is 0.858. The van der Waals surface area contributed by atoms with Crippen LogP contribution < -0.4 is 5.73 Å². The van der Waals surface area contributed by atoms with E-state index in [0.29, 0.717) is 24.0 Å². The number of nitrogens with zero attached hydrogens (tertiary/aromatic N) is 2. The van der Waals surface area contributed by atoms with E-state index in [1.165, 1.54) is 0 Å². The number of nitrogen functional groups attached to an aromatic ring is 1. The number of halogens is 1. The molecule has 0 unspecified atom stereocenters. The zero-order valence-electron chi connectivity index (χ0n) is 6.25. The van der Waals surface area contributed by atoms with Crippen molar-refractivity contribution in [3.05, 3.63) is 11.3 Å². The molecule has 62 valence electrons. The summed E-state index contributed by atoms with van der Waals surface area (Å²) in [7, 11) is 1.63. The van der Waals surface area contributed by atoms with Gasteiger partial charge in [-0.15, -0.1) is 0 Å². The molecule has 1 heterocycles. The van der Waals surface area contributed by atoms with Gasteiger partial charge in [-0.3, -0.25) is 4.68 Å². The molecule has 0 aliphatic rings. The summed E-state index contributed by atoms with van der Waals surface area (Å²) < 4.78 is 6.50. The number of rotatable bonds is 3. The van der Waals surface area contributed by atoms with Crippen LogP contribution in [0.4, 0.5) is 5.69 Å². The quantitative estimate of drug-likeness (QED) is 0.738. The molecule has 0 saturated heterocycles. The maximum atomic E-state index is 5.61. The van der Waals surface area contributed by atoms with Crippen LogP contribution >= 0.6 is 11.6 Å². The summed E-state index contributed by atoms with van der Waals surface area (Å²) >= 11 is 5.61. The van der Waals surface area contributed by atoms with Gasteiger partial charge in [-0.1, -0.05) is 11.6 Å². The molecule has 0 fully saturated rings. The van der Waals surface area contributed by atoms with Gasteiger partial charge in [0.15, 0.2) is 5.15 Å². The maximum absolute atomic E-state index is 5.61. The van der Waals surface area contributed by atoms with Crippen LogP contribution in [0.25, 0.3) is 0 Å². The van der Waals surface area contributed by atoms with Crippen molar-refractivity contribution < 1.29 is 4.74 Å². The number of methoxy groups -OCH3 is 1. The van der Waals surface area contributed by atoms with Gasteiger partial charge in [0.05, 0.1) is 18.8 Å². The first-order chi connectivity index (χ1) is 5.24. The van der Waals surface area contributed by atoms with E-state index in [0.717, 1.165) is 0 Å². The molecule has 0 atom stereocenters. The van der Waals surface area contributed by atoms with Crippen molar-refractivity contribution in [2.75, 3.05) is 19.5 Å². The number of ether oxygens (including phenoxy) is 1. The van der Waals surface area contributed by atoms with Gasteiger partial charge >= 0.3 is 0 Å². The average molecular weight is 176 g/mol. The molecule has 0 bridgehead atoms. The SMILES string of the molecule is COCCn1cc(N)c(Cl)n1. The highest BCUT2D eigenvalue weighted by molar-refractivity contribution is 6.31. The van der Waals surface area contributed by atoms with E-state index in [4.69, 9.17) is 22.1 Å². The minimum atomic E-state index is 0.348. The zero-order chi connectivity index (χ0) is 8.27. The van der Waals surface area contributed by atoms with E-state index >= 15 is 0 Å². The lowest BCUT2D eigenvalue weighted by Gasteiger charge is -1.97. The van der Waals surface area contributed by atoms with E-state index in [1.54, 1.807) is 18.0 Å².